The van der Waals surface area contributed by atoms with Crippen LogP contribution in [0.25, 0.3) is 0 Å². The molecule has 6 rings (SSSR count). The van der Waals surface area contributed by atoms with E-state index in [1.54, 1.807) is 0 Å². The third-order valence-electron chi connectivity index (χ3n) is 10.2. The van der Waals surface area contributed by atoms with Gasteiger partial charge < -0.3 is 18.9 Å². The number of hydrogen-bond donors (Lipinski definition) is 0. The molecule has 4 aromatic rings. The number of aryl methyl sites for hydroxylation is 5. The van der Waals surface area contributed by atoms with Crippen molar-refractivity contribution < 1.29 is 9.59 Å². The standard InChI is InChI=1S/C20H26ClN3O.C20H27N3O/c1-16-22-11-15-23(16)12-8-18-9-13-24(14-10-18)20(25)7-4-17-2-5-19(21)6-3-17;24-20(9-8-18-5-2-1-3-6-18)23-14-10-19(11-15-23)7-4-13-22-16-12-21-17-22/h2-3,5-6,11,15,18H,4,7-10,12-14H2,1H3;1-3,5-6,12,16-17,19H,4,7-11,13-15H2. The first-order valence-electron chi connectivity index (χ1n) is 18.2. The van der Waals surface area contributed by atoms with Crippen molar-refractivity contribution in [2.75, 3.05) is 26.2 Å². The van der Waals surface area contributed by atoms with Gasteiger partial charge in [-0.3, -0.25) is 9.59 Å². The van der Waals surface area contributed by atoms with Gasteiger partial charge in [-0.25, -0.2) is 9.97 Å². The lowest BCUT2D eigenvalue weighted by molar-refractivity contribution is -0.133. The maximum atomic E-state index is 12.4. The Balaban J connectivity index is 0.000000191. The van der Waals surface area contributed by atoms with Gasteiger partial charge in [-0.15, -0.1) is 0 Å². The molecule has 2 aliphatic rings. The number of piperidine rings is 2. The molecule has 8 nitrogen and oxygen atoms in total. The van der Waals surface area contributed by atoms with E-state index < -0.39 is 0 Å². The van der Waals surface area contributed by atoms with Gasteiger partial charge in [0, 0.05) is 81.9 Å². The second-order valence-corrected chi connectivity index (χ2v) is 14.1. The summed E-state index contributed by atoms with van der Waals surface area (Å²) in [5.41, 5.74) is 2.42. The second kappa shape index (κ2) is 19.3. The first-order valence-corrected chi connectivity index (χ1v) is 18.6. The summed E-state index contributed by atoms with van der Waals surface area (Å²) in [5.74, 6) is 3.15. The van der Waals surface area contributed by atoms with E-state index in [0.29, 0.717) is 24.7 Å². The molecular formula is C40H53ClN6O2. The van der Waals surface area contributed by atoms with Crippen LogP contribution in [-0.2, 0) is 35.5 Å². The third-order valence-corrected chi connectivity index (χ3v) is 10.5. The number of halogens is 1. The summed E-state index contributed by atoms with van der Waals surface area (Å²) in [5, 5.41) is 0.739. The van der Waals surface area contributed by atoms with Crippen LogP contribution in [0.2, 0.25) is 5.02 Å². The van der Waals surface area contributed by atoms with Gasteiger partial charge in [0.2, 0.25) is 11.8 Å². The van der Waals surface area contributed by atoms with E-state index >= 15 is 0 Å². The van der Waals surface area contributed by atoms with Crippen molar-refractivity contribution in [3.8, 4) is 0 Å². The van der Waals surface area contributed by atoms with Gasteiger partial charge in [0.25, 0.3) is 0 Å². The number of rotatable bonds is 13. The topological polar surface area (TPSA) is 76.3 Å². The summed E-state index contributed by atoms with van der Waals surface area (Å²) < 4.78 is 4.35. The predicted octanol–water partition coefficient (Wildman–Crippen LogP) is 7.64. The fraction of sp³-hybridized carbons (Fsp3) is 0.500. The van der Waals surface area contributed by atoms with Crippen LogP contribution in [-0.4, -0.2) is 66.9 Å². The Morgan fingerprint density at radius 2 is 1.33 bits per heavy atom. The van der Waals surface area contributed by atoms with Crippen LogP contribution in [0.3, 0.4) is 0 Å². The number of hydrogen-bond acceptors (Lipinski definition) is 4. The Morgan fingerprint density at radius 3 is 1.88 bits per heavy atom. The number of carbonyl (C=O) groups is 2. The largest absolute Gasteiger partial charge is 0.343 e. The molecule has 2 aromatic carbocycles. The molecule has 2 aromatic heterocycles. The Bertz CT molecular complexity index is 1520. The SMILES string of the molecule is Cc1nccn1CCC1CCN(C(=O)CCc2ccc(Cl)cc2)CC1.O=C(CCc1ccccc1)N1CCC(CCCn2ccnc2)CC1. The summed E-state index contributed by atoms with van der Waals surface area (Å²) >= 11 is 5.90. The summed E-state index contributed by atoms with van der Waals surface area (Å²) in [4.78, 5) is 37.2. The lowest BCUT2D eigenvalue weighted by atomic mass is 9.92. The molecule has 49 heavy (non-hydrogen) atoms. The molecule has 0 atom stereocenters. The van der Waals surface area contributed by atoms with Crippen molar-refractivity contribution in [1.82, 2.24) is 28.9 Å². The highest BCUT2D eigenvalue weighted by Crippen LogP contribution is 2.24. The minimum absolute atomic E-state index is 0.277. The van der Waals surface area contributed by atoms with Crippen LogP contribution in [0.15, 0.2) is 85.7 Å². The van der Waals surface area contributed by atoms with Crippen molar-refractivity contribution >= 4 is 23.4 Å². The molecule has 2 aliphatic heterocycles. The average Bonchev–Trinajstić information content (AvgIpc) is 3.82. The highest BCUT2D eigenvalue weighted by atomic mass is 35.5. The van der Waals surface area contributed by atoms with Gasteiger partial charge in [0.05, 0.1) is 6.33 Å². The van der Waals surface area contributed by atoms with Crippen LogP contribution >= 0.6 is 11.6 Å². The quantitative estimate of drug-likeness (QED) is 0.145. The molecule has 2 fully saturated rings. The molecule has 2 saturated heterocycles. The van der Waals surface area contributed by atoms with E-state index in [4.69, 9.17) is 11.6 Å². The highest BCUT2D eigenvalue weighted by molar-refractivity contribution is 6.30. The zero-order valence-corrected chi connectivity index (χ0v) is 29.9. The lowest BCUT2D eigenvalue weighted by Crippen LogP contribution is -2.38. The van der Waals surface area contributed by atoms with Crippen molar-refractivity contribution in [3.05, 3.63) is 108 Å². The molecule has 0 aliphatic carbocycles. The zero-order valence-electron chi connectivity index (χ0n) is 29.1. The van der Waals surface area contributed by atoms with Gasteiger partial charge in [0.15, 0.2) is 0 Å². The van der Waals surface area contributed by atoms with Crippen LogP contribution < -0.4 is 0 Å². The van der Waals surface area contributed by atoms with Gasteiger partial charge in [-0.2, -0.15) is 0 Å². The van der Waals surface area contributed by atoms with E-state index in [-0.39, 0.29) is 5.91 Å². The fourth-order valence-electron chi connectivity index (χ4n) is 7.00. The molecule has 0 radical (unpaired) electrons. The van der Waals surface area contributed by atoms with Gasteiger partial charge >= 0.3 is 0 Å². The van der Waals surface area contributed by atoms with Crippen molar-refractivity contribution in [2.24, 2.45) is 11.8 Å². The predicted molar refractivity (Wildman–Crippen MR) is 196 cm³/mol. The monoisotopic (exact) mass is 684 g/mol. The third kappa shape index (κ3) is 12.2. The maximum Gasteiger partial charge on any atom is 0.222 e. The van der Waals surface area contributed by atoms with Crippen LogP contribution in [0.5, 0.6) is 0 Å². The fourth-order valence-corrected chi connectivity index (χ4v) is 7.13. The smallest absolute Gasteiger partial charge is 0.222 e. The number of aromatic nitrogens is 4. The molecule has 0 bridgehead atoms. The maximum absolute atomic E-state index is 12.4. The number of carbonyl (C=O) groups excluding carboxylic acids is 2. The van der Waals surface area contributed by atoms with E-state index in [9.17, 15) is 9.59 Å². The van der Waals surface area contributed by atoms with Crippen molar-refractivity contribution in [3.63, 3.8) is 0 Å². The Kier molecular flexibility index (Phi) is 14.3. The lowest BCUT2D eigenvalue weighted by Gasteiger charge is -2.32. The summed E-state index contributed by atoms with van der Waals surface area (Å²) in [6, 6.07) is 18.1. The molecule has 2 amide bonds. The minimum Gasteiger partial charge on any atom is -0.343 e. The van der Waals surface area contributed by atoms with Gasteiger partial charge in [-0.05, 0) is 99.8 Å². The summed E-state index contributed by atoms with van der Waals surface area (Å²) in [7, 11) is 0. The van der Waals surface area contributed by atoms with E-state index in [1.807, 2.05) is 85.4 Å². The Hall–Kier alpha value is -3.91. The second-order valence-electron chi connectivity index (χ2n) is 13.7. The number of amides is 2. The highest BCUT2D eigenvalue weighted by Gasteiger charge is 2.23. The molecule has 4 heterocycles. The molecule has 0 unspecified atom stereocenters. The van der Waals surface area contributed by atoms with Gasteiger partial charge in [0.1, 0.15) is 5.82 Å². The Morgan fingerprint density at radius 1 is 0.735 bits per heavy atom. The van der Waals surface area contributed by atoms with E-state index in [0.717, 1.165) is 94.6 Å². The molecule has 9 heteroatoms. The van der Waals surface area contributed by atoms with Gasteiger partial charge in [-0.1, -0.05) is 54.1 Å². The number of imidazole rings is 2. The number of likely N-dealkylation sites (tertiary alicyclic amines) is 2. The Labute approximate surface area is 297 Å². The van der Waals surface area contributed by atoms with E-state index in [1.165, 1.54) is 30.4 Å². The molecule has 0 saturated carbocycles. The summed E-state index contributed by atoms with van der Waals surface area (Å²) in [6.07, 6.45) is 20.7. The van der Waals surface area contributed by atoms with Crippen LogP contribution in [0, 0.1) is 18.8 Å². The first-order chi connectivity index (χ1) is 23.9. The van der Waals surface area contributed by atoms with E-state index in [2.05, 4.69) is 36.1 Å². The minimum atomic E-state index is 0.277. The molecule has 262 valence electrons. The number of nitrogens with zero attached hydrogens (tertiary/aromatic N) is 6. The van der Waals surface area contributed by atoms with Crippen LogP contribution in [0.1, 0.15) is 74.7 Å². The summed E-state index contributed by atoms with van der Waals surface area (Å²) in [6.45, 7) is 7.78. The first kappa shape index (κ1) is 36.4. The molecule has 0 N–H and O–H groups in total. The van der Waals surface area contributed by atoms with Crippen LogP contribution in [0.4, 0.5) is 0 Å². The zero-order chi connectivity index (χ0) is 34.3. The van der Waals surface area contributed by atoms with Crippen molar-refractivity contribution in [2.45, 2.75) is 90.6 Å². The average molecular weight is 685 g/mol. The normalized spacial score (nSPS) is 15.6. The molecule has 0 spiro atoms. The van der Waals surface area contributed by atoms with Crippen molar-refractivity contribution in [1.29, 1.82) is 0 Å². The molecular weight excluding hydrogens is 632 g/mol. The number of benzene rings is 2.